The van der Waals surface area contributed by atoms with E-state index in [4.69, 9.17) is 9.47 Å². The molecule has 1 atom stereocenters. The van der Waals surface area contributed by atoms with E-state index in [1.807, 2.05) is 32.0 Å². The summed E-state index contributed by atoms with van der Waals surface area (Å²) in [6.07, 6.45) is 1.00. The zero-order valence-electron chi connectivity index (χ0n) is 13.1. The SMILES string of the molecule is C=C(C(=O)OC)[C@@H](c1cccc(OC)c1)P(=O)(CC)CC. The van der Waals surface area contributed by atoms with Crippen LogP contribution in [-0.2, 0) is 14.1 Å². The molecule has 4 nitrogen and oxygen atoms in total. The van der Waals surface area contributed by atoms with Gasteiger partial charge in [0.2, 0.25) is 0 Å². The van der Waals surface area contributed by atoms with Crippen molar-refractivity contribution in [2.75, 3.05) is 26.5 Å². The van der Waals surface area contributed by atoms with Gasteiger partial charge in [0.05, 0.1) is 27.0 Å². The summed E-state index contributed by atoms with van der Waals surface area (Å²) in [5.41, 5.74) is 0.476. The Hall–Kier alpha value is -1.54. The van der Waals surface area contributed by atoms with Gasteiger partial charge < -0.3 is 14.0 Å². The summed E-state index contributed by atoms with van der Waals surface area (Å²) < 4.78 is 23.2. The minimum atomic E-state index is -2.62. The minimum absolute atomic E-state index is 0.234. The van der Waals surface area contributed by atoms with Crippen LogP contribution in [0.25, 0.3) is 0 Å². The van der Waals surface area contributed by atoms with Crippen molar-refractivity contribution in [1.82, 2.24) is 0 Å². The molecular formula is C16H23O4P. The van der Waals surface area contributed by atoms with Crippen LogP contribution in [0.15, 0.2) is 36.4 Å². The number of rotatable bonds is 7. The average molecular weight is 310 g/mol. The summed E-state index contributed by atoms with van der Waals surface area (Å²) >= 11 is 0. The van der Waals surface area contributed by atoms with Gasteiger partial charge in [-0.3, -0.25) is 0 Å². The minimum Gasteiger partial charge on any atom is -0.497 e. The van der Waals surface area contributed by atoms with Gasteiger partial charge in [-0.1, -0.05) is 32.6 Å². The van der Waals surface area contributed by atoms with Gasteiger partial charge in [-0.15, -0.1) is 0 Å². The Morgan fingerprint density at radius 1 is 1.29 bits per heavy atom. The number of ether oxygens (including phenoxy) is 2. The highest BCUT2D eigenvalue weighted by Gasteiger charge is 2.36. The van der Waals surface area contributed by atoms with Gasteiger partial charge in [-0.25, -0.2) is 4.79 Å². The predicted molar refractivity (Wildman–Crippen MR) is 85.6 cm³/mol. The maximum atomic E-state index is 13.2. The van der Waals surface area contributed by atoms with Crippen molar-refractivity contribution >= 4 is 13.1 Å². The molecule has 5 heteroatoms. The molecule has 1 aromatic rings. The highest BCUT2D eigenvalue weighted by Crippen LogP contribution is 2.61. The van der Waals surface area contributed by atoms with Crippen LogP contribution in [0, 0.1) is 0 Å². The number of methoxy groups -OCH3 is 2. The van der Waals surface area contributed by atoms with E-state index in [1.165, 1.54) is 7.11 Å². The molecule has 0 aromatic heterocycles. The number of benzene rings is 1. The third-order valence-corrected chi connectivity index (χ3v) is 7.42. The molecular weight excluding hydrogens is 287 g/mol. The Kier molecular flexibility index (Phi) is 6.22. The Bertz CT molecular complexity index is 557. The van der Waals surface area contributed by atoms with Crippen LogP contribution in [0.2, 0.25) is 0 Å². The lowest BCUT2D eigenvalue weighted by molar-refractivity contribution is -0.136. The normalized spacial score (nSPS) is 12.6. The number of hydrogen-bond acceptors (Lipinski definition) is 4. The van der Waals surface area contributed by atoms with Gasteiger partial charge in [-0.05, 0) is 30.0 Å². The van der Waals surface area contributed by atoms with Crippen molar-refractivity contribution < 1.29 is 18.8 Å². The molecule has 0 aliphatic rings. The van der Waals surface area contributed by atoms with E-state index in [1.54, 1.807) is 13.2 Å². The first-order valence-corrected chi connectivity index (χ1v) is 9.07. The number of carbonyl (C=O) groups excluding carboxylic acids is 1. The van der Waals surface area contributed by atoms with Gasteiger partial charge in [0, 0.05) is 5.57 Å². The van der Waals surface area contributed by atoms with Crippen LogP contribution in [-0.4, -0.2) is 32.5 Å². The Labute approximate surface area is 126 Å². The largest absolute Gasteiger partial charge is 0.497 e. The number of hydrogen-bond donors (Lipinski definition) is 0. The lowest BCUT2D eigenvalue weighted by Gasteiger charge is -2.27. The second-order valence-corrected chi connectivity index (χ2v) is 8.47. The van der Waals surface area contributed by atoms with Gasteiger partial charge in [-0.2, -0.15) is 0 Å². The van der Waals surface area contributed by atoms with Crippen LogP contribution in [0.1, 0.15) is 25.1 Å². The van der Waals surface area contributed by atoms with E-state index < -0.39 is 18.8 Å². The molecule has 0 aliphatic heterocycles. The maximum absolute atomic E-state index is 13.2. The van der Waals surface area contributed by atoms with E-state index in [0.29, 0.717) is 18.1 Å². The molecule has 0 heterocycles. The van der Waals surface area contributed by atoms with Gasteiger partial charge in [0.1, 0.15) is 5.75 Å². The van der Waals surface area contributed by atoms with Crippen LogP contribution in [0.4, 0.5) is 0 Å². The van der Waals surface area contributed by atoms with Crippen LogP contribution >= 0.6 is 7.14 Å². The molecule has 0 amide bonds. The highest BCUT2D eigenvalue weighted by molar-refractivity contribution is 7.64. The van der Waals surface area contributed by atoms with Crippen molar-refractivity contribution in [2.45, 2.75) is 19.5 Å². The summed E-state index contributed by atoms with van der Waals surface area (Å²) in [5, 5.41) is 0. The van der Waals surface area contributed by atoms with Crippen molar-refractivity contribution in [3.63, 3.8) is 0 Å². The van der Waals surface area contributed by atoms with E-state index in [2.05, 4.69) is 6.58 Å². The molecule has 0 saturated heterocycles. The van der Waals surface area contributed by atoms with E-state index in [0.717, 1.165) is 5.56 Å². The van der Waals surface area contributed by atoms with Crippen LogP contribution in [0.5, 0.6) is 5.75 Å². The first-order chi connectivity index (χ1) is 9.93. The molecule has 0 aliphatic carbocycles. The number of carbonyl (C=O) groups is 1. The van der Waals surface area contributed by atoms with Gasteiger partial charge in [0.25, 0.3) is 0 Å². The second kappa shape index (κ2) is 7.46. The molecule has 0 N–H and O–H groups in total. The molecule has 0 spiro atoms. The van der Waals surface area contributed by atoms with Crippen LogP contribution in [0.3, 0.4) is 0 Å². The third kappa shape index (κ3) is 3.76. The molecule has 1 aromatic carbocycles. The van der Waals surface area contributed by atoms with Crippen molar-refractivity contribution in [3.8, 4) is 5.75 Å². The first-order valence-electron chi connectivity index (χ1n) is 6.92. The molecule has 21 heavy (non-hydrogen) atoms. The lowest BCUT2D eigenvalue weighted by atomic mass is 10.1. The summed E-state index contributed by atoms with van der Waals surface area (Å²) in [5.74, 6) is 0.138. The fraction of sp³-hybridized carbons (Fsp3) is 0.438. The summed E-state index contributed by atoms with van der Waals surface area (Å²) in [6, 6.07) is 7.28. The van der Waals surface area contributed by atoms with Gasteiger partial charge >= 0.3 is 5.97 Å². The van der Waals surface area contributed by atoms with Crippen molar-refractivity contribution in [1.29, 1.82) is 0 Å². The van der Waals surface area contributed by atoms with Crippen LogP contribution < -0.4 is 4.74 Å². The Morgan fingerprint density at radius 2 is 1.90 bits per heavy atom. The Morgan fingerprint density at radius 3 is 2.38 bits per heavy atom. The van der Waals surface area contributed by atoms with E-state index in [-0.39, 0.29) is 5.57 Å². The molecule has 0 unspecified atom stereocenters. The van der Waals surface area contributed by atoms with Gasteiger partial charge in [0.15, 0.2) is 0 Å². The van der Waals surface area contributed by atoms with Crippen molar-refractivity contribution in [2.24, 2.45) is 0 Å². The standard InChI is InChI=1S/C16H23O4P/c1-6-21(18,7-2)15(12(3)16(17)20-5)13-9-8-10-14(11-13)19-4/h8-11,15H,3,6-7H2,1-2,4-5H3/t15-/m0/s1. The quantitative estimate of drug-likeness (QED) is 0.436. The predicted octanol–water partition coefficient (Wildman–Crippen LogP) is 3.87. The number of esters is 1. The van der Waals surface area contributed by atoms with Crippen molar-refractivity contribution in [3.05, 3.63) is 42.0 Å². The topological polar surface area (TPSA) is 52.6 Å². The zero-order valence-corrected chi connectivity index (χ0v) is 14.0. The van der Waals surface area contributed by atoms with E-state index in [9.17, 15) is 9.36 Å². The fourth-order valence-electron chi connectivity index (χ4n) is 2.40. The average Bonchev–Trinajstić information content (AvgIpc) is 2.53. The maximum Gasteiger partial charge on any atom is 0.334 e. The zero-order chi connectivity index (χ0) is 16.0. The summed E-state index contributed by atoms with van der Waals surface area (Å²) in [4.78, 5) is 11.9. The third-order valence-electron chi connectivity index (χ3n) is 3.73. The first kappa shape index (κ1) is 17.5. The highest BCUT2D eigenvalue weighted by atomic mass is 31.2. The molecule has 116 valence electrons. The summed E-state index contributed by atoms with van der Waals surface area (Å²) in [7, 11) is 0.254. The molecule has 0 fully saturated rings. The monoisotopic (exact) mass is 310 g/mol. The molecule has 0 bridgehead atoms. The molecule has 0 saturated carbocycles. The Balaban J connectivity index is 3.40. The summed E-state index contributed by atoms with van der Waals surface area (Å²) in [6.45, 7) is 7.59. The second-order valence-electron chi connectivity index (χ2n) is 4.78. The lowest BCUT2D eigenvalue weighted by Crippen LogP contribution is -2.15. The smallest absolute Gasteiger partial charge is 0.334 e. The molecule has 1 rings (SSSR count). The van der Waals surface area contributed by atoms with E-state index >= 15 is 0 Å². The molecule has 0 radical (unpaired) electrons. The fourth-order valence-corrected chi connectivity index (χ4v) is 4.95.